The predicted octanol–water partition coefficient (Wildman–Crippen LogP) is 7.67. The fourth-order valence-electron chi connectivity index (χ4n) is 7.87. The van der Waals surface area contributed by atoms with Gasteiger partial charge in [-0.25, -0.2) is 18.0 Å². The summed E-state index contributed by atoms with van der Waals surface area (Å²) < 4.78 is 59.5. The van der Waals surface area contributed by atoms with E-state index in [0.29, 0.717) is 18.8 Å². The molecule has 2 saturated heterocycles. The molecule has 4 aromatic rings. The van der Waals surface area contributed by atoms with Crippen LogP contribution in [0.15, 0.2) is 24.8 Å². The number of nitrogens with one attached hydrogen (secondary N) is 1. The minimum Gasteiger partial charge on any atom is -0.489 e. The summed E-state index contributed by atoms with van der Waals surface area (Å²) in [5.41, 5.74) is -0.998. The Labute approximate surface area is 287 Å². The number of fused-ring (bicyclic) bond motifs is 2. The first-order valence-electron chi connectivity index (χ1n) is 16.1. The normalized spacial score (nSPS) is 23.5. The second-order valence-corrected chi connectivity index (χ2v) is 14.4. The van der Waals surface area contributed by atoms with Crippen molar-refractivity contribution in [1.82, 2.24) is 14.9 Å². The van der Waals surface area contributed by atoms with E-state index in [0.717, 1.165) is 56.1 Å². The zero-order valence-corrected chi connectivity index (χ0v) is 27.6. The van der Waals surface area contributed by atoms with Crippen LogP contribution in [0.4, 0.5) is 28.8 Å². The first kappa shape index (κ1) is 31.9. The minimum absolute atomic E-state index is 0.00882. The number of aromatic nitrogens is 2. The molecule has 0 unspecified atom stereocenters. The summed E-state index contributed by atoms with van der Waals surface area (Å²) in [6.45, 7) is 5.36. The van der Waals surface area contributed by atoms with Gasteiger partial charge >= 0.3 is 12.1 Å². The Morgan fingerprint density at radius 3 is 2.84 bits per heavy atom. The van der Waals surface area contributed by atoms with E-state index < -0.39 is 29.4 Å². The standard InChI is InChI=1S/C34H30ClF3N6O4S/c1-2-17-14-47-28-24-27(26(38)23(25(28)35)19-7-8-21(37)29-22(19)20(12-39)31(49-29)42-33(45)46)40-32(41-30(24)44(17)18-5-3-6-18)48-15-34-9-4-10-43(34)13-16(36)11-34/h2,7-8,16-18,42H,1,3-6,9-11,13-15H2,(H,45,46)/t16-,17+,34+/m1/s1. The number of ether oxygens (including phenoxy) is 2. The van der Waals surface area contributed by atoms with Gasteiger partial charge in [-0.1, -0.05) is 23.7 Å². The zero-order valence-electron chi connectivity index (χ0n) is 26.1. The summed E-state index contributed by atoms with van der Waals surface area (Å²) in [5.74, 6) is -1.13. The molecule has 254 valence electrons. The van der Waals surface area contributed by atoms with Crippen molar-refractivity contribution in [3.05, 3.63) is 47.0 Å². The van der Waals surface area contributed by atoms with Crippen molar-refractivity contribution in [2.24, 2.45) is 0 Å². The zero-order chi connectivity index (χ0) is 34.2. The van der Waals surface area contributed by atoms with Gasteiger partial charge in [-0.3, -0.25) is 10.2 Å². The lowest BCUT2D eigenvalue weighted by Gasteiger charge is -2.41. The molecule has 1 amide bonds. The number of hydrogen-bond donors (Lipinski definition) is 2. The van der Waals surface area contributed by atoms with E-state index in [9.17, 15) is 19.6 Å². The van der Waals surface area contributed by atoms with Gasteiger partial charge in [0.2, 0.25) is 0 Å². The number of nitriles is 1. The smallest absolute Gasteiger partial charge is 0.409 e. The monoisotopic (exact) mass is 710 g/mol. The summed E-state index contributed by atoms with van der Waals surface area (Å²) in [4.78, 5) is 25.1. The van der Waals surface area contributed by atoms with Crippen molar-refractivity contribution < 1.29 is 32.5 Å². The summed E-state index contributed by atoms with van der Waals surface area (Å²) in [7, 11) is 0. The molecule has 0 radical (unpaired) electrons. The molecule has 1 saturated carbocycles. The number of halogens is 4. The lowest BCUT2D eigenvalue weighted by Crippen LogP contribution is -2.48. The highest BCUT2D eigenvalue weighted by Crippen LogP contribution is 2.52. The molecule has 2 aromatic carbocycles. The van der Waals surface area contributed by atoms with Crippen molar-refractivity contribution in [2.45, 2.75) is 62.3 Å². The van der Waals surface area contributed by atoms with Crippen LogP contribution in [0.1, 0.15) is 44.1 Å². The maximum Gasteiger partial charge on any atom is 0.409 e. The molecule has 3 atom stereocenters. The number of nitrogens with zero attached hydrogens (tertiary/aromatic N) is 5. The highest BCUT2D eigenvalue weighted by Gasteiger charge is 2.49. The van der Waals surface area contributed by atoms with Crippen LogP contribution >= 0.6 is 22.9 Å². The number of thiophene rings is 1. The minimum atomic E-state index is -1.45. The Bertz CT molecular complexity index is 2100. The van der Waals surface area contributed by atoms with Gasteiger partial charge in [-0.05, 0) is 50.3 Å². The van der Waals surface area contributed by atoms with Crippen LogP contribution in [-0.4, -0.2) is 76.2 Å². The second kappa shape index (κ2) is 11.9. The molecule has 3 aliphatic heterocycles. The first-order chi connectivity index (χ1) is 23.6. The fraction of sp³-hybridized carbons (Fsp3) is 0.412. The SMILES string of the molecule is C=C[C@H]1COc2c(Cl)c(-c3ccc(F)c4sc(NC(=O)O)c(C#N)c34)c(F)c3nc(OC[C@@]45CCCN4C[C@H](F)C5)nc(c23)N1C1CCC1. The van der Waals surface area contributed by atoms with E-state index in [-0.39, 0.29) is 84.8 Å². The number of rotatable bonds is 7. The topological polar surface area (TPSA) is 124 Å². The Kier molecular flexibility index (Phi) is 7.77. The molecule has 15 heteroatoms. The number of hydrogen-bond acceptors (Lipinski definition) is 9. The third-order valence-corrected chi connectivity index (χ3v) is 11.8. The molecule has 5 heterocycles. The van der Waals surface area contributed by atoms with E-state index in [1.54, 1.807) is 6.08 Å². The van der Waals surface area contributed by atoms with Crippen molar-refractivity contribution in [2.75, 3.05) is 36.5 Å². The quantitative estimate of drug-likeness (QED) is 0.186. The fourth-order valence-corrected chi connectivity index (χ4v) is 9.28. The predicted molar refractivity (Wildman–Crippen MR) is 180 cm³/mol. The molecule has 2 aromatic heterocycles. The highest BCUT2D eigenvalue weighted by atomic mass is 35.5. The van der Waals surface area contributed by atoms with E-state index in [2.05, 4.69) is 26.7 Å². The number of carbonyl (C=O) groups is 1. The van der Waals surface area contributed by atoms with E-state index in [4.69, 9.17) is 26.1 Å². The second-order valence-electron chi connectivity index (χ2n) is 13.0. The van der Waals surface area contributed by atoms with Gasteiger partial charge in [-0.15, -0.1) is 17.9 Å². The average molecular weight is 711 g/mol. The lowest BCUT2D eigenvalue weighted by atomic mass is 9.90. The molecular formula is C34H30ClF3N6O4S. The van der Waals surface area contributed by atoms with Gasteiger partial charge in [0, 0.05) is 30.0 Å². The maximum atomic E-state index is 17.3. The van der Waals surface area contributed by atoms with Crippen molar-refractivity contribution in [1.29, 1.82) is 5.26 Å². The molecule has 10 nitrogen and oxygen atoms in total. The Morgan fingerprint density at radius 1 is 1.31 bits per heavy atom. The Hall–Kier alpha value is -4.32. The van der Waals surface area contributed by atoms with Gasteiger partial charge in [0.15, 0.2) is 11.6 Å². The van der Waals surface area contributed by atoms with Crippen LogP contribution < -0.4 is 19.7 Å². The highest BCUT2D eigenvalue weighted by molar-refractivity contribution is 7.23. The van der Waals surface area contributed by atoms with Gasteiger partial charge < -0.3 is 19.5 Å². The Balaban J connectivity index is 1.36. The lowest BCUT2D eigenvalue weighted by molar-refractivity contribution is 0.107. The summed E-state index contributed by atoms with van der Waals surface area (Å²) in [6.07, 6.45) is 4.08. The van der Waals surface area contributed by atoms with Gasteiger partial charge in [0.25, 0.3) is 0 Å². The molecule has 49 heavy (non-hydrogen) atoms. The molecule has 0 spiro atoms. The number of carboxylic acid groups (broad SMARTS) is 1. The molecular weight excluding hydrogens is 681 g/mol. The Morgan fingerprint density at radius 2 is 2.12 bits per heavy atom. The third-order valence-electron chi connectivity index (χ3n) is 10.3. The van der Waals surface area contributed by atoms with E-state index in [1.807, 2.05) is 6.07 Å². The number of amides is 1. The van der Waals surface area contributed by atoms with Crippen LogP contribution in [-0.2, 0) is 0 Å². The summed E-state index contributed by atoms with van der Waals surface area (Å²) >= 11 is 7.76. The van der Waals surface area contributed by atoms with Crippen molar-refractivity contribution >= 4 is 60.8 Å². The van der Waals surface area contributed by atoms with E-state index in [1.165, 1.54) is 6.07 Å². The van der Waals surface area contributed by atoms with Crippen LogP contribution in [0, 0.1) is 23.0 Å². The average Bonchev–Trinajstić information content (AvgIpc) is 3.66. The maximum absolute atomic E-state index is 17.3. The van der Waals surface area contributed by atoms with Crippen molar-refractivity contribution in [3.8, 4) is 29.0 Å². The summed E-state index contributed by atoms with van der Waals surface area (Å²) in [5, 5.41) is 21.6. The third kappa shape index (κ3) is 4.96. The molecule has 3 fully saturated rings. The van der Waals surface area contributed by atoms with Crippen LogP contribution in [0.25, 0.3) is 32.1 Å². The van der Waals surface area contributed by atoms with Crippen LogP contribution in [0.2, 0.25) is 5.02 Å². The summed E-state index contributed by atoms with van der Waals surface area (Å²) in [6, 6.07) is 3.96. The number of benzene rings is 2. The van der Waals surface area contributed by atoms with Gasteiger partial charge in [0.05, 0.1) is 32.3 Å². The molecule has 2 N–H and O–H groups in total. The molecule has 8 rings (SSSR count). The van der Waals surface area contributed by atoms with Crippen molar-refractivity contribution in [3.63, 3.8) is 0 Å². The number of alkyl halides is 1. The van der Waals surface area contributed by atoms with Gasteiger partial charge in [-0.2, -0.15) is 15.2 Å². The number of anilines is 2. The van der Waals surface area contributed by atoms with Gasteiger partial charge in [0.1, 0.15) is 47.6 Å². The van der Waals surface area contributed by atoms with Crippen LogP contribution in [0.5, 0.6) is 11.8 Å². The molecule has 4 aliphatic rings. The molecule has 0 bridgehead atoms. The largest absolute Gasteiger partial charge is 0.489 e. The molecule has 1 aliphatic carbocycles. The van der Waals surface area contributed by atoms with E-state index >= 15 is 8.78 Å². The van der Waals surface area contributed by atoms with Crippen LogP contribution in [0.3, 0.4) is 0 Å². The first-order valence-corrected chi connectivity index (χ1v) is 17.3.